The van der Waals surface area contributed by atoms with Crippen LogP contribution in [0.25, 0.3) is 0 Å². The molecule has 6 nitrogen and oxygen atoms in total. The summed E-state index contributed by atoms with van der Waals surface area (Å²) in [5, 5.41) is 1.11. The van der Waals surface area contributed by atoms with E-state index in [0.29, 0.717) is 29.6 Å². The fourth-order valence-corrected chi connectivity index (χ4v) is 2.23. The van der Waals surface area contributed by atoms with Crippen LogP contribution in [0.1, 0.15) is 13.8 Å². The molecule has 0 amide bonds. The van der Waals surface area contributed by atoms with E-state index in [1.54, 1.807) is 11.8 Å². The van der Waals surface area contributed by atoms with Crippen LogP contribution in [0.15, 0.2) is 5.16 Å². The number of thioether (sulfide) groups is 1. The van der Waals surface area contributed by atoms with Crippen LogP contribution in [-0.4, -0.2) is 46.5 Å². The monoisotopic (exact) mass is 255 g/mol. The SMILES string of the molecule is CC(C)Sc1nc(N)nc(N2CCOCC2)n1. The standard InChI is InChI=1S/C10H17N5OS/c1-7(2)17-10-13-8(11)12-9(14-10)15-3-5-16-6-4-15/h7H,3-6H2,1-2H3,(H2,11,12,13,14). The van der Waals surface area contributed by atoms with Gasteiger partial charge in [0.05, 0.1) is 13.2 Å². The molecule has 17 heavy (non-hydrogen) atoms. The highest BCUT2D eigenvalue weighted by Crippen LogP contribution is 2.21. The van der Waals surface area contributed by atoms with Gasteiger partial charge in [0.1, 0.15) is 0 Å². The van der Waals surface area contributed by atoms with Crippen LogP contribution in [0.2, 0.25) is 0 Å². The molecule has 94 valence electrons. The third-order valence-corrected chi connectivity index (χ3v) is 3.12. The fourth-order valence-electron chi connectivity index (χ4n) is 1.53. The van der Waals surface area contributed by atoms with Crippen molar-refractivity contribution in [1.29, 1.82) is 0 Å². The lowest BCUT2D eigenvalue weighted by molar-refractivity contribution is 0.122. The molecule has 0 radical (unpaired) electrons. The molecule has 0 spiro atoms. The van der Waals surface area contributed by atoms with E-state index in [2.05, 4.69) is 33.7 Å². The van der Waals surface area contributed by atoms with E-state index < -0.39 is 0 Å². The average molecular weight is 255 g/mol. The summed E-state index contributed by atoms with van der Waals surface area (Å²) in [7, 11) is 0. The minimum Gasteiger partial charge on any atom is -0.378 e. The molecule has 1 fully saturated rings. The second kappa shape index (κ2) is 5.50. The van der Waals surface area contributed by atoms with Crippen LogP contribution in [0, 0.1) is 0 Å². The van der Waals surface area contributed by atoms with Gasteiger partial charge in [-0.1, -0.05) is 25.6 Å². The number of hydrogen-bond donors (Lipinski definition) is 1. The highest BCUT2D eigenvalue weighted by atomic mass is 32.2. The summed E-state index contributed by atoms with van der Waals surface area (Å²) >= 11 is 1.59. The van der Waals surface area contributed by atoms with Crippen molar-refractivity contribution in [2.45, 2.75) is 24.3 Å². The molecule has 1 aromatic heterocycles. The van der Waals surface area contributed by atoms with Crippen LogP contribution < -0.4 is 10.6 Å². The van der Waals surface area contributed by atoms with Crippen molar-refractivity contribution < 1.29 is 4.74 Å². The van der Waals surface area contributed by atoms with Crippen molar-refractivity contribution in [3.63, 3.8) is 0 Å². The van der Waals surface area contributed by atoms with Crippen LogP contribution in [0.5, 0.6) is 0 Å². The first-order valence-corrected chi connectivity index (χ1v) is 6.54. The molecule has 1 aliphatic heterocycles. The van der Waals surface area contributed by atoms with Gasteiger partial charge in [-0.15, -0.1) is 0 Å². The highest BCUT2D eigenvalue weighted by molar-refractivity contribution is 7.99. The molecule has 0 aliphatic carbocycles. The van der Waals surface area contributed by atoms with E-state index in [1.165, 1.54) is 0 Å². The Morgan fingerprint density at radius 1 is 1.24 bits per heavy atom. The number of nitrogens with two attached hydrogens (primary N) is 1. The Morgan fingerprint density at radius 3 is 2.59 bits per heavy atom. The Kier molecular flexibility index (Phi) is 4.01. The van der Waals surface area contributed by atoms with Gasteiger partial charge in [0.25, 0.3) is 0 Å². The van der Waals surface area contributed by atoms with Gasteiger partial charge in [-0.25, -0.2) is 0 Å². The number of hydrogen-bond acceptors (Lipinski definition) is 7. The molecule has 0 saturated carbocycles. The molecule has 0 bridgehead atoms. The van der Waals surface area contributed by atoms with Crippen LogP contribution in [0.4, 0.5) is 11.9 Å². The van der Waals surface area contributed by atoms with Gasteiger partial charge in [-0.2, -0.15) is 15.0 Å². The fraction of sp³-hybridized carbons (Fsp3) is 0.700. The van der Waals surface area contributed by atoms with E-state index in [1.807, 2.05) is 0 Å². The maximum atomic E-state index is 5.71. The minimum absolute atomic E-state index is 0.282. The molecule has 1 aromatic rings. The lowest BCUT2D eigenvalue weighted by Gasteiger charge is -2.26. The van der Waals surface area contributed by atoms with E-state index in [9.17, 15) is 0 Å². The molecule has 2 heterocycles. The Morgan fingerprint density at radius 2 is 1.94 bits per heavy atom. The average Bonchev–Trinajstić information content (AvgIpc) is 2.28. The molecular formula is C10H17N5OS. The van der Waals surface area contributed by atoms with Crippen molar-refractivity contribution in [1.82, 2.24) is 15.0 Å². The smallest absolute Gasteiger partial charge is 0.231 e. The molecule has 0 aromatic carbocycles. The summed E-state index contributed by atoms with van der Waals surface area (Å²) in [6, 6.07) is 0. The first-order valence-electron chi connectivity index (χ1n) is 5.66. The Balaban J connectivity index is 2.18. The lowest BCUT2D eigenvalue weighted by atomic mass is 10.4. The topological polar surface area (TPSA) is 77.2 Å². The Hall–Kier alpha value is -1.08. The van der Waals surface area contributed by atoms with Crippen LogP contribution >= 0.6 is 11.8 Å². The number of nitrogens with zero attached hydrogens (tertiary/aromatic N) is 4. The van der Waals surface area contributed by atoms with Crippen LogP contribution in [-0.2, 0) is 4.74 Å². The lowest BCUT2D eigenvalue weighted by Crippen LogP contribution is -2.37. The van der Waals surface area contributed by atoms with E-state index >= 15 is 0 Å². The van der Waals surface area contributed by atoms with Crippen molar-refractivity contribution in [2.75, 3.05) is 36.9 Å². The number of nitrogen functional groups attached to an aromatic ring is 1. The van der Waals surface area contributed by atoms with Gasteiger partial charge >= 0.3 is 0 Å². The first-order chi connectivity index (χ1) is 8.15. The van der Waals surface area contributed by atoms with Crippen LogP contribution in [0.3, 0.4) is 0 Å². The second-order valence-electron chi connectivity index (χ2n) is 4.04. The van der Waals surface area contributed by atoms with Gasteiger partial charge in [-0.3, -0.25) is 0 Å². The number of morpholine rings is 1. The Labute approximate surface area is 105 Å². The maximum absolute atomic E-state index is 5.71. The quantitative estimate of drug-likeness (QED) is 0.800. The largest absolute Gasteiger partial charge is 0.378 e. The Bertz CT molecular complexity index is 381. The van der Waals surface area contributed by atoms with Crippen molar-refractivity contribution >= 4 is 23.7 Å². The van der Waals surface area contributed by atoms with Gasteiger partial charge in [-0.05, 0) is 0 Å². The summed E-state index contributed by atoms with van der Waals surface area (Å²) in [4.78, 5) is 14.8. The van der Waals surface area contributed by atoms with Gasteiger partial charge in [0, 0.05) is 18.3 Å². The zero-order valence-electron chi connectivity index (χ0n) is 10.1. The van der Waals surface area contributed by atoms with Gasteiger partial charge < -0.3 is 15.4 Å². The number of ether oxygens (including phenoxy) is 1. The molecule has 0 atom stereocenters. The molecule has 7 heteroatoms. The summed E-state index contributed by atoms with van der Waals surface area (Å²) < 4.78 is 5.30. The van der Waals surface area contributed by atoms with E-state index in [-0.39, 0.29) is 5.95 Å². The minimum atomic E-state index is 0.282. The molecule has 1 aliphatic rings. The molecule has 0 unspecified atom stereocenters. The summed E-state index contributed by atoms with van der Waals surface area (Å²) in [5.41, 5.74) is 5.71. The molecule has 2 rings (SSSR count). The highest BCUT2D eigenvalue weighted by Gasteiger charge is 2.16. The van der Waals surface area contributed by atoms with Gasteiger partial charge in [0.15, 0.2) is 5.16 Å². The molecular weight excluding hydrogens is 238 g/mol. The summed E-state index contributed by atoms with van der Waals surface area (Å²) in [6.45, 7) is 7.21. The van der Waals surface area contributed by atoms with Crippen molar-refractivity contribution in [3.05, 3.63) is 0 Å². The number of anilines is 2. The zero-order chi connectivity index (χ0) is 12.3. The number of rotatable bonds is 3. The third kappa shape index (κ3) is 3.44. The third-order valence-electron chi connectivity index (χ3n) is 2.26. The number of aromatic nitrogens is 3. The normalized spacial score (nSPS) is 16.5. The first kappa shape index (κ1) is 12.4. The van der Waals surface area contributed by atoms with E-state index in [4.69, 9.17) is 10.5 Å². The molecule has 2 N–H and O–H groups in total. The summed E-state index contributed by atoms with van der Waals surface area (Å²) in [5.74, 6) is 0.939. The van der Waals surface area contributed by atoms with Gasteiger partial charge in [0.2, 0.25) is 11.9 Å². The maximum Gasteiger partial charge on any atom is 0.231 e. The predicted molar refractivity (Wildman–Crippen MR) is 68.3 cm³/mol. The molecule has 1 saturated heterocycles. The predicted octanol–water partition coefficient (Wildman–Crippen LogP) is 0.791. The summed E-state index contributed by atoms with van der Waals surface area (Å²) in [6.07, 6.45) is 0. The zero-order valence-corrected chi connectivity index (χ0v) is 10.9. The second-order valence-corrected chi connectivity index (χ2v) is 5.59. The van der Waals surface area contributed by atoms with Crippen molar-refractivity contribution in [3.8, 4) is 0 Å². The van der Waals surface area contributed by atoms with E-state index in [0.717, 1.165) is 13.1 Å². The van der Waals surface area contributed by atoms with Crippen molar-refractivity contribution in [2.24, 2.45) is 0 Å².